The van der Waals surface area contributed by atoms with Gasteiger partial charge in [-0.3, -0.25) is 4.68 Å². The Morgan fingerprint density at radius 2 is 2.24 bits per heavy atom. The van der Waals surface area contributed by atoms with Gasteiger partial charge in [-0.25, -0.2) is 0 Å². The van der Waals surface area contributed by atoms with Crippen LogP contribution in [0.5, 0.6) is 0 Å². The van der Waals surface area contributed by atoms with Gasteiger partial charge in [-0.15, -0.1) is 0 Å². The average Bonchev–Trinajstić information content (AvgIpc) is 2.67. The molecule has 0 saturated heterocycles. The van der Waals surface area contributed by atoms with E-state index in [2.05, 4.69) is 42.7 Å². The molecule has 1 rings (SSSR count). The molecule has 1 aromatic rings. The lowest BCUT2D eigenvalue weighted by molar-refractivity contribution is 0.631. The number of hydrogen-bond donors (Lipinski definition) is 2. The van der Waals surface area contributed by atoms with Crippen LogP contribution in [0.3, 0.4) is 0 Å². The van der Waals surface area contributed by atoms with E-state index < -0.39 is 0 Å². The van der Waals surface area contributed by atoms with Crippen LogP contribution in [0.1, 0.15) is 38.4 Å². The van der Waals surface area contributed by atoms with Crippen LogP contribution in [0, 0.1) is 6.92 Å². The van der Waals surface area contributed by atoms with Crippen LogP contribution in [0.25, 0.3) is 0 Å². The Labute approximate surface area is 109 Å². The smallest absolute Gasteiger partial charge is 0.166 e. The molecule has 5 heteroatoms. The van der Waals surface area contributed by atoms with E-state index >= 15 is 0 Å². The van der Waals surface area contributed by atoms with E-state index in [0.29, 0.717) is 11.2 Å². The summed E-state index contributed by atoms with van der Waals surface area (Å²) in [4.78, 5) is 0. The fourth-order valence-corrected chi connectivity index (χ4v) is 1.72. The highest BCUT2D eigenvalue weighted by molar-refractivity contribution is 7.80. The normalized spacial score (nSPS) is 12.2. The van der Waals surface area contributed by atoms with Crippen molar-refractivity contribution in [1.82, 2.24) is 20.4 Å². The number of nitrogens with zero attached hydrogens (tertiary/aromatic N) is 2. The lowest BCUT2D eigenvalue weighted by Crippen LogP contribution is -2.39. The summed E-state index contributed by atoms with van der Waals surface area (Å²) in [5, 5.41) is 11.6. The zero-order valence-electron chi connectivity index (χ0n) is 11.1. The maximum absolute atomic E-state index is 5.22. The molecule has 0 aliphatic heterocycles. The van der Waals surface area contributed by atoms with Crippen molar-refractivity contribution >= 4 is 17.3 Å². The van der Waals surface area contributed by atoms with Gasteiger partial charge in [0.2, 0.25) is 0 Å². The van der Waals surface area contributed by atoms with E-state index in [9.17, 15) is 0 Å². The quantitative estimate of drug-likeness (QED) is 0.788. The lowest BCUT2D eigenvalue weighted by Gasteiger charge is -2.14. The van der Waals surface area contributed by atoms with Gasteiger partial charge in [0.25, 0.3) is 0 Å². The zero-order chi connectivity index (χ0) is 12.8. The molecule has 1 heterocycles. The minimum Gasteiger partial charge on any atom is -0.360 e. The first-order valence-corrected chi connectivity index (χ1v) is 6.54. The van der Waals surface area contributed by atoms with Gasteiger partial charge >= 0.3 is 0 Å². The third-order valence-corrected chi connectivity index (χ3v) is 3.06. The van der Waals surface area contributed by atoms with Crippen molar-refractivity contribution in [3.8, 4) is 0 Å². The molecule has 0 amide bonds. The van der Waals surface area contributed by atoms with Crippen LogP contribution in [0.4, 0.5) is 0 Å². The molecule has 4 nitrogen and oxygen atoms in total. The van der Waals surface area contributed by atoms with Crippen molar-refractivity contribution in [3.05, 3.63) is 17.5 Å². The summed E-state index contributed by atoms with van der Waals surface area (Å²) in [6, 6.07) is 0.412. The van der Waals surface area contributed by atoms with Gasteiger partial charge in [0.1, 0.15) is 0 Å². The number of nitrogens with one attached hydrogen (secondary N) is 2. The molecule has 2 N–H and O–H groups in total. The van der Waals surface area contributed by atoms with E-state index in [-0.39, 0.29) is 0 Å². The lowest BCUT2D eigenvalue weighted by atomic mass is 10.2. The number of aromatic nitrogens is 2. The van der Waals surface area contributed by atoms with Crippen LogP contribution in [0.2, 0.25) is 0 Å². The molecule has 1 aromatic heterocycles. The second-order valence-electron chi connectivity index (χ2n) is 4.23. The van der Waals surface area contributed by atoms with E-state index in [1.807, 2.05) is 11.6 Å². The van der Waals surface area contributed by atoms with Gasteiger partial charge in [-0.1, -0.05) is 6.92 Å². The van der Waals surface area contributed by atoms with Gasteiger partial charge in [-0.05, 0) is 39.4 Å². The zero-order valence-corrected chi connectivity index (χ0v) is 11.9. The predicted molar refractivity (Wildman–Crippen MR) is 75.0 cm³/mol. The monoisotopic (exact) mass is 254 g/mol. The van der Waals surface area contributed by atoms with E-state index in [0.717, 1.165) is 25.2 Å². The molecule has 96 valence electrons. The third kappa shape index (κ3) is 4.34. The molecule has 0 radical (unpaired) electrons. The van der Waals surface area contributed by atoms with Gasteiger partial charge in [0, 0.05) is 30.9 Å². The van der Waals surface area contributed by atoms with Gasteiger partial charge in [-0.2, -0.15) is 5.10 Å². The summed E-state index contributed by atoms with van der Waals surface area (Å²) >= 11 is 5.22. The molecular formula is C12H22N4S. The predicted octanol–water partition coefficient (Wildman–Crippen LogP) is 1.97. The van der Waals surface area contributed by atoms with Crippen molar-refractivity contribution in [2.45, 2.75) is 53.2 Å². The highest BCUT2D eigenvalue weighted by atomic mass is 32.1. The molecular weight excluding hydrogens is 232 g/mol. The molecule has 0 aliphatic rings. The second-order valence-corrected chi connectivity index (χ2v) is 4.64. The van der Waals surface area contributed by atoms with Gasteiger partial charge in [0.05, 0.1) is 5.69 Å². The number of thiocarbonyl (C=S) groups is 1. The summed E-state index contributed by atoms with van der Waals surface area (Å²) < 4.78 is 1.94. The Balaban J connectivity index is 2.44. The van der Waals surface area contributed by atoms with Crippen LogP contribution < -0.4 is 10.6 Å². The third-order valence-electron chi connectivity index (χ3n) is 2.80. The van der Waals surface area contributed by atoms with E-state index in [4.69, 9.17) is 12.2 Å². The molecule has 0 aromatic carbocycles. The Morgan fingerprint density at radius 1 is 1.53 bits per heavy atom. The van der Waals surface area contributed by atoms with Crippen molar-refractivity contribution in [1.29, 1.82) is 0 Å². The fraction of sp³-hybridized carbons (Fsp3) is 0.667. The van der Waals surface area contributed by atoms with Crippen molar-refractivity contribution in [2.24, 2.45) is 0 Å². The number of aryl methyl sites for hydroxylation is 2. The summed E-state index contributed by atoms with van der Waals surface area (Å²) in [5.74, 6) is 0. The van der Waals surface area contributed by atoms with Crippen LogP contribution in [-0.2, 0) is 13.1 Å². The largest absolute Gasteiger partial charge is 0.360 e. The van der Waals surface area contributed by atoms with Crippen molar-refractivity contribution in [2.75, 3.05) is 0 Å². The summed E-state index contributed by atoms with van der Waals surface area (Å²) in [6.07, 6.45) is 3.13. The van der Waals surface area contributed by atoms with Crippen LogP contribution in [0.15, 0.2) is 6.20 Å². The molecule has 1 atom stereocenters. The Kier molecular flexibility index (Phi) is 5.41. The Hall–Kier alpha value is -1.10. The standard InChI is InChI=1S/C12H22N4S/c1-5-9(3)14-12(17)13-7-11-8-16(6-2)15-10(11)4/h8-9H,5-7H2,1-4H3,(H2,13,14,17). The van der Waals surface area contributed by atoms with E-state index in [1.165, 1.54) is 5.56 Å². The van der Waals surface area contributed by atoms with E-state index in [1.54, 1.807) is 0 Å². The van der Waals surface area contributed by atoms with Crippen LogP contribution >= 0.6 is 12.2 Å². The topological polar surface area (TPSA) is 41.9 Å². The molecule has 0 fully saturated rings. The number of rotatable bonds is 5. The Bertz CT molecular complexity index is 373. The molecule has 0 aliphatic carbocycles. The van der Waals surface area contributed by atoms with Crippen LogP contribution in [-0.4, -0.2) is 20.9 Å². The summed E-state index contributed by atoms with van der Waals surface area (Å²) in [5.41, 5.74) is 2.26. The highest BCUT2D eigenvalue weighted by Gasteiger charge is 2.05. The maximum Gasteiger partial charge on any atom is 0.166 e. The summed E-state index contributed by atoms with van der Waals surface area (Å²) in [6.45, 7) is 9.99. The van der Waals surface area contributed by atoms with Crippen molar-refractivity contribution < 1.29 is 0 Å². The maximum atomic E-state index is 5.22. The SMILES string of the molecule is CCC(C)NC(=S)NCc1cn(CC)nc1C. The Morgan fingerprint density at radius 3 is 2.76 bits per heavy atom. The molecule has 0 spiro atoms. The van der Waals surface area contributed by atoms with Gasteiger partial charge in [0.15, 0.2) is 5.11 Å². The highest BCUT2D eigenvalue weighted by Crippen LogP contribution is 2.04. The first-order valence-electron chi connectivity index (χ1n) is 6.14. The molecule has 0 saturated carbocycles. The minimum absolute atomic E-state index is 0.412. The molecule has 1 unspecified atom stereocenters. The first-order chi connectivity index (χ1) is 8.06. The van der Waals surface area contributed by atoms with Gasteiger partial charge < -0.3 is 10.6 Å². The first kappa shape index (κ1) is 14.0. The molecule has 0 bridgehead atoms. The minimum atomic E-state index is 0.412. The van der Waals surface area contributed by atoms with Crippen molar-refractivity contribution in [3.63, 3.8) is 0 Å². The second kappa shape index (κ2) is 6.59. The summed E-state index contributed by atoms with van der Waals surface area (Å²) in [7, 11) is 0. The number of hydrogen-bond acceptors (Lipinski definition) is 2. The average molecular weight is 254 g/mol. The molecule has 17 heavy (non-hydrogen) atoms. The fourth-order valence-electron chi connectivity index (χ4n) is 1.45.